The standard InChI is InChI=1S/C7H10N2S/c8-4-2-1-3-7-5-10-6-9-7/h1,3,5-6H,2,4,8H2. The monoisotopic (exact) mass is 154 g/mol. The molecule has 0 aliphatic heterocycles. The van der Waals surface area contributed by atoms with Gasteiger partial charge in [0.25, 0.3) is 0 Å². The summed E-state index contributed by atoms with van der Waals surface area (Å²) < 4.78 is 0. The molecule has 1 aromatic heterocycles. The van der Waals surface area contributed by atoms with Gasteiger partial charge in [0, 0.05) is 5.38 Å². The van der Waals surface area contributed by atoms with Crippen LogP contribution in [0.5, 0.6) is 0 Å². The molecule has 2 N–H and O–H groups in total. The molecule has 54 valence electrons. The Hall–Kier alpha value is -0.670. The predicted octanol–water partition coefficient (Wildman–Crippen LogP) is 1.51. The lowest BCUT2D eigenvalue weighted by Crippen LogP contribution is -1.94. The molecule has 1 heterocycles. The largest absolute Gasteiger partial charge is 0.330 e. The fraction of sp³-hybridized carbons (Fsp3) is 0.286. The van der Waals surface area contributed by atoms with E-state index in [1.54, 1.807) is 11.3 Å². The minimum absolute atomic E-state index is 0.709. The number of thiazole rings is 1. The molecular weight excluding hydrogens is 144 g/mol. The number of aromatic nitrogens is 1. The quantitative estimate of drug-likeness (QED) is 0.716. The van der Waals surface area contributed by atoms with E-state index in [0.29, 0.717) is 6.54 Å². The SMILES string of the molecule is NCCC=Cc1cscn1. The zero-order chi connectivity index (χ0) is 7.23. The lowest BCUT2D eigenvalue weighted by atomic mass is 10.3. The molecule has 0 radical (unpaired) electrons. The Labute approximate surface area is 64.4 Å². The van der Waals surface area contributed by atoms with Crippen LogP contribution in [0.15, 0.2) is 17.0 Å². The third-order valence-electron chi connectivity index (χ3n) is 1.07. The second-order valence-corrected chi connectivity index (χ2v) is 2.61. The molecule has 0 fully saturated rings. The van der Waals surface area contributed by atoms with Crippen molar-refractivity contribution in [2.24, 2.45) is 5.73 Å². The maximum Gasteiger partial charge on any atom is 0.0798 e. The summed E-state index contributed by atoms with van der Waals surface area (Å²) in [7, 11) is 0. The van der Waals surface area contributed by atoms with Crippen LogP contribution in [-0.4, -0.2) is 11.5 Å². The van der Waals surface area contributed by atoms with Crippen molar-refractivity contribution < 1.29 is 0 Å². The highest BCUT2D eigenvalue weighted by Crippen LogP contribution is 2.02. The zero-order valence-corrected chi connectivity index (χ0v) is 6.47. The highest BCUT2D eigenvalue weighted by Gasteiger charge is 1.84. The van der Waals surface area contributed by atoms with Gasteiger partial charge in [-0.2, -0.15) is 0 Å². The summed E-state index contributed by atoms with van der Waals surface area (Å²) in [5.41, 5.74) is 8.15. The van der Waals surface area contributed by atoms with Crippen LogP contribution in [0.3, 0.4) is 0 Å². The normalized spacial score (nSPS) is 10.9. The third kappa shape index (κ3) is 2.29. The van der Waals surface area contributed by atoms with Crippen LogP contribution in [0, 0.1) is 0 Å². The molecule has 2 nitrogen and oxygen atoms in total. The van der Waals surface area contributed by atoms with Crippen LogP contribution in [0.1, 0.15) is 12.1 Å². The van der Waals surface area contributed by atoms with E-state index in [9.17, 15) is 0 Å². The summed E-state index contributed by atoms with van der Waals surface area (Å²) in [6.45, 7) is 0.709. The van der Waals surface area contributed by atoms with E-state index >= 15 is 0 Å². The third-order valence-corrected chi connectivity index (χ3v) is 1.68. The second-order valence-electron chi connectivity index (χ2n) is 1.89. The molecule has 0 aromatic carbocycles. The van der Waals surface area contributed by atoms with Gasteiger partial charge in [-0.05, 0) is 19.0 Å². The van der Waals surface area contributed by atoms with Crippen molar-refractivity contribution in [2.45, 2.75) is 6.42 Å². The number of hydrogen-bond acceptors (Lipinski definition) is 3. The Morgan fingerprint density at radius 1 is 1.70 bits per heavy atom. The van der Waals surface area contributed by atoms with E-state index in [1.165, 1.54) is 0 Å². The topological polar surface area (TPSA) is 38.9 Å². The van der Waals surface area contributed by atoms with E-state index in [2.05, 4.69) is 4.98 Å². The van der Waals surface area contributed by atoms with Gasteiger partial charge in [-0.15, -0.1) is 11.3 Å². The Morgan fingerprint density at radius 2 is 2.60 bits per heavy atom. The molecule has 0 bridgehead atoms. The van der Waals surface area contributed by atoms with Crippen molar-refractivity contribution >= 4 is 17.4 Å². The summed E-state index contributed by atoms with van der Waals surface area (Å²) in [4.78, 5) is 4.08. The lowest BCUT2D eigenvalue weighted by molar-refractivity contribution is 1.01. The van der Waals surface area contributed by atoms with Gasteiger partial charge in [0.2, 0.25) is 0 Å². The molecule has 1 rings (SSSR count). The van der Waals surface area contributed by atoms with Crippen molar-refractivity contribution in [3.63, 3.8) is 0 Å². The van der Waals surface area contributed by atoms with E-state index in [0.717, 1.165) is 12.1 Å². The molecule has 0 aliphatic rings. The molecule has 0 saturated heterocycles. The fourth-order valence-electron chi connectivity index (χ4n) is 0.604. The van der Waals surface area contributed by atoms with E-state index in [4.69, 9.17) is 5.73 Å². The van der Waals surface area contributed by atoms with E-state index in [-0.39, 0.29) is 0 Å². The second kappa shape index (κ2) is 4.19. The van der Waals surface area contributed by atoms with Crippen molar-refractivity contribution in [2.75, 3.05) is 6.54 Å². The molecule has 0 unspecified atom stereocenters. The van der Waals surface area contributed by atoms with Crippen molar-refractivity contribution in [3.05, 3.63) is 22.7 Å². The maximum atomic E-state index is 5.30. The van der Waals surface area contributed by atoms with Crippen LogP contribution in [-0.2, 0) is 0 Å². The van der Waals surface area contributed by atoms with Crippen LogP contribution < -0.4 is 5.73 Å². The van der Waals surface area contributed by atoms with Crippen molar-refractivity contribution in [3.8, 4) is 0 Å². The van der Waals surface area contributed by atoms with E-state index in [1.807, 2.05) is 23.0 Å². The number of nitrogens with zero attached hydrogens (tertiary/aromatic N) is 1. The Bertz CT molecular complexity index is 191. The number of nitrogens with two attached hydrogens (primary N) is 1. The van der Waals surface area contributed by atoms with Gasteiger partial charge in [0.05, 0.1) is 11.2 Å². The highest BCUT2D eigenvalue weighted by atomic mass is 32.1. The van der Waals surface area contributed by atoms with Crippen molar-refractivity contribution in [1.29, 1.82) is 0 Å². The van der Waals surface area contributed by atoms with Crippen LogP contribution in [0.25, 0.3) is 6.08 Å². The zero-order valence-electron chi connectivity index (χ0n) is 5.66. The summed E-state index contributed by atoms with van der Waals surface area (Å²) in [6.07, 6.45) is 4.95. The molecule has 0 aliphatic carbocycles. The van der Waals surface area contributed by atoms with Crippen LogP contribution in [0.2, 0.25) is 0 Å². The first-order valence-electron chi connectivity index (χ1n) is 3.18. The summed E-state index contributed by atoms with van der Waals surface area (Å²) in [5, 5.41) is 2.01. The first-order valence-corrected chi connectivity index (χ1v) is 4.12. The molecule has 10 heavy (non-hydrogen) atoms. The predicted molar refractivity (Wildman–Crippen MR) is 44.8 cm³/mol. The van der Waals surface area contributed by atoms with Gasteiger partial charge in [-0.25, -0.2) is 4.98 Å². The first kappa shape index (κ1) is 7.44. The molecule has 3 heteroatoms. The van der Waals surface area contributed by atoms with Gasteiger partial charge in [-0.1, -0.05) is 6.08 Å². The van der Waals surface area contributed by atoms with Crippen molar-refractivity contribution in [1.82, 2.24) is 4.98 Å². The average molecular weight is 154 g/mol. The Kier molecular flexibility index (Phi) is 3.12. The minimum atomic E-state index is 0.709. The van der Waals surface area contributed by atoms with Gasteiger partial charge < -0.3 is 5.73 Å². The molecule has 1 aromatic rings. The van der Waals surface area contributed by atoms with Gasteiger partial charge in [0.15, 0.2) is 0 Å². The molecule has 0 atom stereocenters. The lowest BCUT2D eigenvalue weighted by Gasteiger charge is -1.82. The summed E-state index contributed by atoms with van der Waals surface area (Å²) in [6, 6.07) is 0. The number of rotatable bonds is 3. The molecule has 0 saturated carbocycles. The van der Waals surface area contributed by atoms with Crippen LogP contribution in [0.4, 0.5) is 0 Å². The number of hydrogen-bond donors (Lipinski definition) is 1. The van der Waals surface area contributed by atoms with Gasteiger partial charge >= 0.3 is 0 Å². The van der Waals surface area contributed by atoms with Gasteiger partial charge in [-0.3, -0.25) is 0 Å². The Morgan fingerprint density at radius 3 is 3.20 bits per heavy atom. The maximum absolute atomic E-state index is 5.30. The van der Waals surface area contributed by atoms with Gasteiger partial charge in [0.1, 0.15) is 0 Å². The molecule has 0 spiro atoms. The molecular formula is C7H10N2S. The smallest absolute Gasteiger partial charge is 0.0798 e. The highest BCUT2D eigenvalue weighted by molar-refractivity contribution is 7.07. The summed E-state index contributed by atoms with van der Waals surface area (Å²) >= 11 is 1.60. The summed E-state index contributed by atoms with van der Waals surface area (Å²) in [5.74, 6) is 0. The minimum Gasteiger partial charge on any atom is -0.330 e. The van der Waals surface area contributed by atoms with E-state index < -0.39 is 0 Å². The first-order chi connectivity index (χ1) is 4.93. The Balaban J connectivity index is 2.40. The molecule has 0 amide bonds. The van der Waals surface area contributed by atoms with Crippen LogP contribution >= 0.6 is 11.3 Å². The fourth-order valence-corrected chi connectivity index (χ4v) is 1.13. The average Bonchev–Trinajstić information content (AvgIpc) is 2.41.